The molecule has 0 saturated heterocycles. The molecule has 1 amide bonds. The highest BCUT2D eigenvalue weighted by molar-refractivity contribution is 6.31. The molecule has 25 heavy (non-hydrogen) atoms. The number of fused-ring (bicyclic) bond motifs is 2. The number of anilines is 1. The van der Waals surface area contributed by atoms with Gasteiger partial charge in [-0.25, -0.2) is 0 Å². The lowest BCUT2D eigenvalue weighted by atomic mass is 9.64. The summed E-state index contributed by atoms with van der Waals surface area (Å²) in [6, 6.07) is 12.9. The van der Waals surface area contributed by atoms with E-state index in [9.17, 15) is 9.59 Å². The number of allylic oxidation sites excluding steroid dienone is 1. The summed E-state index contributed by atoms with van der Waals surface area (Å²) in [7, 11) is 1.60. The highest BCUT2D eigenvalue weighted by Gasteiger charge is 2.53. The van der Waals surface area contributed by atoms with Crippen LogP contribution in [0.1, 0.15) is 23.5 Å². The highest BCUT2D eigenvalue weighted by atomic mass is 35.5. The monoisotopic (exact) mass is 353 g/mol. The van der Waals surface area contributed by atoms with Crippen molar-refractivity contribution in [1.82, 2.24) is 0 Å². The number of hydrogen-bond donors (Lipinski definition) is 1. The number of carbonyl (C=O) groups excluding carboxylic acids is 2. The van der Waals surface area contributed by atoms with Gasteiger partial charge in [-0.3, -0.25) is 9.59 Å². The molecule has 1 unspecified atom stereocenters. The zero-order valence-electron chi connectivity index (χ0n) is 13.6. The second kappa shape index (κ2) is 5.74. The van der Waals surface area contributed by atoms with Crippen LogP contribution in [-0.2, 0) is 15.0 Å². The lowest BCUT2D eigenvalue weighted by Gasteiger charge is -2.36. The van der Waals surface area contributed by atoms with Gasteiger partial charge in [-0.15, -0.1) is 0 Å². The van der Waals surface area contributed by atoms with E-state index in [1.807, 2.05) is 30.3 Å². The number of methoxy groups -OCH3 is 1. The van der Waals surface area contributed by atoms with Crippen LogP contribution in [0.25, 0.3) is 0 Å². The van der Waals surface area contributed by atoms with Gasteiger partial charge in [0.1, 0.15) is 11.2 Å². The first kappa shape index (κ1) is 15.9. The van der Waals surface area contributed by atoms with Crippen molar-refractivity contribution in [3.8, 4) is 5.75 Å². The molecule has 0 aromatic heterocycles. The molecular formula is C20H16ClNO3. The third-order valence-corrected chi connectivity index (χ3v) is 5.27. The molecule has 1 spiro atoms. The third-order valence-electron chi connectivity index (χ3n) is 5.03. The zero-order chi connectivity index (χ0) is 17.6. The summed E-state index contributed by atoms with van der Waals surface area (Å²) in [5.74, 6) is 0.266. The van der Waals surface area contributed by atoms with Crippen molar-refractivity contribution in [3.63, 3.8) is 0 Å². The van der Waals surface area contributed by atoms with Gasteiger partial charge in [0.15, 0.2) is 5.78 Å². The van der Waals surface area contributed by atoms with Crippen LogP contribution in [0.5, 0.6) is 5.75 Å². The van der Waals surface area contributed by atoms with Crippen molar-refractivity contribution in [3.05, 3.63) is 70.8 Å². The Kier molecular flexibility index (Phi) is 3.65. The van der Waals surface area contributed by atoms with Crippen LogP contribution in [0.3, 0.4) is 0 Å². The summed E-state index contributed by atoms with van der Waals surface area (Å²) in [5.41, 5.74) is 1.53. The van der Waals surface area contributed by atoms with E-state index >= 15 is 0 Å². The SMILES string of the molecule is COc1cccc(C2CC(=O)C=C[C@@]23C(=O)Nc2cc(Cl)ccc23)c1. The minimum atomic E-state index is -0.916. The second-order valence-corrected chi connectivity index (χ2v) is 6.78. The summed E-state index contributed by atoms with van der Waals surface area (Å²) in [6.45, 7) is 0. The van der Waals surface area contributed by atoms with Gasteiger partial charge < -0.3 is 10.1 Å². The molecule has 2 aliphatic rings. The molecule has 4 rings (SSSR count). The van der Waals surface area contributed by atoms with E-state index in [4.69, 9.17) is 16.3 Å². The van der Waals surface area contributed by atoms with Crippen LogP contribution in [-0.4, -0.2) is 18.8 Å². The molecule has 0 bridgehead atoms. The molecule has 0 saturated carbocycles. The summed E-state index contributed by atoms with van der Waals surface area (Å²) >= 11 is 6.07. The maximum Gasteiger partial charge on any atom is 0.239 e. The van der Waals surface area contributed by atoms with Crippen molar-refractivity contribution in [2.75, 3.05) is 12.4 Å². The molecule has 2 aromatic carbocycles. The van der Waals surface area contributed by atoms with Crippen LogP contribution in [0, 0.1) is 0 Å². The smallest absolute Gasteiger partial charge is 0.239 e. The Balaban J connectivity index is 1.93. The van der Waals surface area contributed by atoms with E-state index in [2.05, 4.69) is 5.32 Å². The molecule has 0 radical (unpaired) electrons. The third kappa shape index (κ3) is 2.36. The largest absolute Gasteiger partial charge is 0.497 e. The van der Waals surface area contributed by atoms with Gasteiger partial charge >= 0.3 is 0 Å². The fourth-order valence-electron chi connectivity index (χ4n) is 3.85. The molecule has 5 heteroatoms. The summed E-state index contributed by atoms with van der Waals surface area (Å²) in [4.78, 5) is 25.2. The van der Waals surface area contributed by atoms with Crippen LogP contribution < -0.4 is 10.1 Å². The van der Waals surface area contributed by atoms with Gasteiger partial charge in [0.2, 0.25) is 5.91 Å². The molecule has 1 aliphatic heterocycles. The Hall–Kier alpha value is -2.59. The van der Waals surface area contributed by atoms with E-state index in [0.29, 0.717) is 16.5 Å². The number of nitrogens with one attached hydrogen (secondary N) is 1. The molecule has 2 aromatic rings. The Bertz CT molecular complexity index is 921. The van der Waals surface area contributed by atoms with Crippen LogP contribution in [0.2, 0.25) is 5.02 Å². The number of benzene rings is 2. The van der Waals surface area contributed by atoms with Crippen molar-refractivity contribution in [1.29, 1.82) is 0 Å². The molecule has 126 valence electrons. The Morgan fingerprint density at radius 3 is 2.84 bits per heavy atom. The van der Waals surface area contributed by atoms with E-state index in [0.717, 1.165) is 11.1 Å². The Morgan fingerprint density at radius 2 is 2.04 bits per heavy atom. The first-order valence-electron chi connectivity index (χ1n) is 8.02. The molecular weight excluding hydrogens is 338 g/mol. The maximum atomic E-state index is 13.0. The molecule has 1 heterocycles. The second-order valence-electron chi connectivity index (χ2n) is 6.35. The van der Waals surface area contributed by atoms with Crippen LogP contribution in [0.4, 0.5) is 5.69 Å². The lowest BCUT2D eigenvalue weighted by molar-refractivity contribution is -0.121. The van der Waals surface area contributed by atoms with Crippen LogP contribution in [0.15, 0.2) is 54.6 Å². The van der Waals surface area contributed by atoms with Gasteiger partial charge in [0.25, 0.3) is 0 Å². The minimum absolute atomic E-state index is 0.00802. The maximum absolute atomic E-state index is 13.0. The van der Waals surface area contributed by atoms with Gasteiger partial charge in [-0.2, -0.15) is 0 Å². The van der Waals surface area contributed by atoms with E-state index < -0.39 is 5.41 Å². The first-order valence-corrected chi connectivity index (χ1v) is 8.40. The summed E-state index contributed by atoms with van der Waals surface area (Å²) in [5, 5.41) is 3.48. The molecule has 0 fully saturated rings. The predicted molar refractivity (Wildman–Crippen MR) is 96.3 cm³/mol. The van der Waals surface area contributed by atoms with Gasteiger partial charge in [-0.1, -0.05) is 35.9 Å². The van der Waals surface area contributed by atoms with Crippen molar-refractivity contribution < 1.29 is 14.3 Å². The normalized spacial score (nSPS) is 24.3. The number of hydrogen-bond acceptors (Lipinski definition) is 3. The van der Waals surface area contributed by atoms with E-state index in [1.54, 1.807) is 25.3 Å². The van der Waals surface area contributed by atoms with Gasteiger partial charge in [0, 0.05) is 23.0 Å². The van der Waals surface area contributed by atoms with E-state index in [1.165, 1.54) is 6.08 Å². The summed E-state index contributed by atoms with van der Waals surface area (Å²) < 4.78 is 5.31. The number of ketones is 1. The van der Waals surface area contributed by atoms with Crippen LogP contribution >= 0.6 is 11.6 Å². The number of rotatable bonds is 2. The number of halogens is 1. The fourth-order valence-corrected chi connectivity index (χ4v) is 4.02. The summed E-state index contributed by atoms with van der Waals surface area (Å²) in [6.07, 6.45) is 3.51. The fraction of sp³-hybridized carbons (Fsp3) is 0.200. The molecule has 1 aliphatic carbocycles. The van der Waals surface area contributed by atoms with Crippen molar-refractivity contribution >= 4 is 29.0 Å². The Labute approximate surface area is 150 Å². The number of amides is 1. The average molecular weight is 354 g/mol. The molecule has 1 N–H and O–H groups in total. The minimum Gasteiger partial charge on any atom is -0.497 e. The lowest BCUT2D eigenvalue weighted by Crippen LogP contribution is -2.41. The zero-order valence-corrected chi connectivity index (χ0v) is 14.3. The average Bonchev–Trinajstić information content (AvgIpc) is 2.88. The first-order chi connectivity index (χ1) is 12.0. The van der Waals surface area contributed by atoms with Gasteiger partial charge in [-0.05, 0) is 41.5 Å². The number of carbonyl (C=O) groups is 2. The quantitative estimate of drug-likeness (QED) is 0.892. The van der Waals surface area contributed by atoms with Crippen molar-refractivity contribution in [2.24, 2.45) is 0 Å². The molecule has 4 nitrogen and oxygen atoms in total. The standard InChI is InChI=1S/C20H16ClNO3/c1-25-15-4-2-3-12(9-15)17-11-14(23)7-8-20(17)16-6-5-13(21)10-18(16)22-19(20)24/h2-10,17H,11H2,1H3,(H,22,24)/t17?,20-/m0/s1. The molecule has 2 atom stereocenters. The predicted octanol–water partition coefficient (Wildman–Crippen LogP) is 3.85. The topological polar surface area (TPSA) is 55.4 Å². The van der Waals surface area contributed by atoms with E-state index in [-0.39, 0.29) is 24.0 Å². The number of ether oxygens (including phenoxy) is 1. The Morgan fingerprint density at radius 1 is 1.20 bits per heavy atom. The van der Waals surface area contributed by atoms with Crippen molar-refractivity contribution in [2.45, 2.75) is 17.8 Å². The highest BCUT2D eigenvalue weighted by Crippen LogP contribution is 2.52. The van der Waals surface area contributed by atoms with Gasteiger partial charge in [0.05, 0.1) is 7.11 Å².